The summed E-state index contributed by atoms with van der Waals surface area (Å²) in [6, 6.07) is 4.48. The Kier molecular flexibility index (Phi) is 4.59. The van der Waals surface area contributed by atoms with Gasteiger partial charge in [0.05, 0.1) is 11.8 Å². The zero-order valence-electron chi connectivity index (χ0n) is 12.8. The third kappa shape index (κ3) is 3.61. The molecule has 3 rings (SSSR count). The molecule has 126 valence electrons. The highest BCUT2D eigenvalue weighted by molar-refractivity contribution is 5.95. The zero-order valence-corrected chi connectivity index (χ0v) is 12.8. The first kappa shape index (κ1) is 16.2. The quantitative estimate of drug-likeness (QED) is 0.938. The first-order valence-electron chi connectivity index (χ1n) is 7.61. The zero-order chi connectivity index (χ0) is 17.1. The van der Waals surface area contributed by atoms with E-state index in [-0.39, 0.29) is 23.4 Å². The van der Waals surface area contributed by atoms with Gasteiger partial charge >= 0.3 is 0 Å². The van der Waals surface area contributed by atoms with E-state index >= 15 is 0 Å². The minimum Gasteiger partial charge on any atom is -0.472 e. The number of halogens is 2. The van der Waals surface area contributed by atoms with E-state index in [9.17, 15) is 18.4 Å². The van der Waals surface area contributed by atoms with E-state index in [0.29, 0.717) is 31.5 Å². The number of nitrogens with zero attached hydrogens (tertiary/aromatic N) is 1. The fraction of sp³-hybridized carbons (Fsp3) is 0.294. The van der Waals surface area contributed by atoms with Crippen LogP contribution in [0.2, 0.25) is 0 Å². The van der Waals surface area contributed by atoms with Crippen molar-refractivity contribution in [2.75, 3.05) is 18.4 Å². The van der Waals surface area contributed by atoms with Crippen LogP contribution >= 0.6 is 0 Å². The Balaban J connectivity index is 1.56. The summed E-state index contributed by atoms with van der Waals surface area (Å²) in [5.41, 5.74) is 0.572. The van der Waals surface area contributed by atoms with Crippen LogP contribution in [-0.4, -0.2) is 29.8 Å². The fourth-order valence-electron chi connectivity index (χ4n) is 2.78. The van der Waals surface area contributed by atoms with Crippen LogP contribution in [0.5, 0.6) is 0 Å². The minimum absolute atomic E-state index is 0.0920. The first-order valence-corrected chi connectivity index (χ1v) is 7.61. The highest BCUT2D eigenvalue weighted by Gasteiger charge is 2.28. The molecule has 0 bridgehead atoms. The minimum atomic E-state index is -0.745. The van der Waals surface area contributed by atoms with Gasteiger partial charge in [0, 0.05) is 30.8 Å². The van der Waals surface area contributed by atoms with Gasteiger partial charge in [0.1, 0.15) is 17.9 Å². The van der Waals surface area contributed by atoms with Gasteiger partial charge in [-0.25, -0.2) is 8.78 Å². The Bertz CT molecular complexity index is 718. The topological polar surface area (TPSA) is 62.6 Å². The van der Waals surface area contributed by atoms with E-state index in [4.69, 9.17) is 4.42 Å². The van der Waals surface area contributed by atoms with Crippen molar-refractivity contribution in [2.24, 2.45) is 5.92 Å². The number of piperidine rings is 1. The molecule has 1 aliphatic heterocycles. The molecule has 1 saturated heterocycles. The van der Waals surface area contributed by atoms with Crippen LogP contribution in [0.4, 0.5) is 14.5 Å². The standard InChI is InChI=1S/C17H16F2N2O3/c18-13-7-14(19)9-15(8-13)20-16(22)11-1-4-21(5-2-11)17(23)12-3-6-24-10-12/h3,6-11H,1-2,4-5H2,(H,20,22). The van der Waals surface area contributed by atoms with Gasteiger partial charge in [0.15, 0.2) is 0 Å². The molecule has 24 heavy (non-hydrogen) atoms. The molecule has 1 N–H and O–H groups in total. The summed E-state index contributed by atoms with van der Waals surface area (Å²) in [5.74, 6) is -2.22. The molecule has 1 aliphatic rings. The van der Waals surface area contributed by atoms with Crippen molar-refractivity contribution in [3.05, 3.63) is 54.0 Å². The summed E-state index contributed by atoms with van der Waals surface area (Å²) in [5, 5.41) is 2.53. The Labute approximate surface area is 137 Å². The Morgan fingerprint density at radius 2 is 1.79 bits per heavy atom. The van der Waals surface area contributed by atoms with E-state index in [1.165, 1.54) is 12.5 Å². The normalized spacial score (nSPS) is 15.3. The number of nitrogens with one attached hydrogen (secondary N) is 1. The van der Waals surface area contributed by atoms with Crippen LogP contribution < -0.4 is 5.32 Å². The van der Waals surface area contributed by atoms with Crippen molar-refractivity contribution in [1.29, 1.82) is 0 Å². The van der Waals surface area contributed by atoms with E-state index < -0.39 is 11.6 Å². The largest absolute Gasteiger partial charge is 0.472 e. The van der Waals surface area contributed by atoms with Gasteiger partial charge in [-0.05, 0) is 31.0 Å². The number of benzene rings is 1. The third-order valence-electron chi connectivity index (χ3n) is 4.05. The van der Waals surface area contributed by atoms with Crippen LogP contribution in [0.25, 0.3) is 0 Å². The van der Waals surface area contributed by atoms with Crippen molar-refractivity contribution in [1.82, 2.24) is 4.90 Å². The van der Waals surface area contributed by atoms with Gasteiger partial charge < -0.3 is 14.6 Å². The highest BCUT2D eigenvalue weighted by atomic mass is 19.1. The molecule has 0 aliphatic carbocycles. The summed E-state index contributed by atoms with van der Waals surface area (Å²) in [7, 11) is 0. The Morgan fingerprint density at radius 1 is 1.12 bits per heavy atom. The maximum Gasteiger partial charge on any atom is 0.257 e. The average molecular weight is 334 g/mol. The number of hydrogen-bond donors (Lipinski definition) is 1. The number of hydrogen-bond acceptors (Lipinski definition) is 3. The van der Waals surface area contributed by atoms with Gasteiger partial charge in [-0.15, -0.1) is 0 Å². The molecule has 7 heteroatoms. The lowest BCUT2D eigenvalue weighted by Crippen LogP contribution is -2.41. The van der Waals surface area contributed by atoms with Crippen molar-refractivity contribution in [3.8, 4) is 0 Å². The molecule has 2 aromatic rings. The van der Waals surface area contributed by atoms with E-state index in [2.05, 4.69) is 5.32 Å². The predicted molar refractivity (Wildman–Crippen MR) is 82.3 cm³/mol. The monoisotopic (exact) mass is 334 g/mol. The van der Waals surface area contributed by atoms with Gasteiger partial charge in [0.2, 0.25) is 5.91 Å². The molecule has 2 amide bonds. The molecule has 0 spiro atoms. The average Bonchev–Trinajstić information content (AvgIpc) is 3.07. The number of anilines is 1. The molecule has 0 saturated carbocycles. The molecule has 0 unspecified atom stereocenters. The fourth-order valence-corrected chi connectivity index (χ4v) is 2.78. The van der Waals surface area contributed by atoms with Gasteiger partial charge in [-0.3, -0.25) is 9.59 Å². The lowest BCUT2D eigenvalue weighted by atomic mass is 9.95. The SMILES string of the molecule is O=C(Nc1cc(F)cc(F)c1)C1CCN(C(=O)c2ccoc2)CC1. The first-order chi connectivity index (χ1) is 11.5. The molecule has 1 aromatic carbocycles. The van der Waals surface area contributed by atoms with Crippen molar-refractivity contribution < 1.29 is 22.8 Å². The summed E-state index contributed by atoms with van der Waals surface area (Å²) in [6.45, 7) is 0.888. The lowest BCUT2D eigenvalue weighted by molar-refractivity contribution is -0.121. The molecule has 1 aromatic heterocycles. The third-order valence-corrected chi connectivity index (χ3v) is 4.05. The second-order valence-corrected chi connectivity index (χ2v) is 5.73. The number of amides is 2. The molecule has 2 heterocycles. The number of rotatable bonds is 3. The van der Waals surface area contributed by atoms with E-state index in [1.807, 2.05) is 0 Å². The Morgan fingerprint density at radius 3 is 2.38 bits per heavy atom. The number of furan rings is 1. The summed E-state index contributed by atoms with van der Waals surface area (Å²) < 4.78 is 31.2. The van der Waals surface area contributed by atoms with Crippen molar-refractivity contribution in [2.45, 2.75) is 12.8 Å². The summed E-state index contributed by atoms with van der Waals surface area (Å²) >= 11 is 0. The summed E-state index contributed by atoms with van der Waals surface area (Å²) in [6.07, 6.45) is 3.81. The van der Waals surface area contributed by atoms with Crippen LogP contribution in [0.3, 0.4) is 0 Å². The molecular weight excluding hydrogens is 318 g/mol. The summed E-state index contributed by atoms with van der Waals surface area (Å²) in [4.78, 5) is 26.1. The molecule has 0 radical (unpaired) electrons. The number of carbonyl (C=O) groups is 2. The van der Waals surface area contributed by atoms with Crippen LogP contribution in [-0.2, 0) is 4.79 Å². The van der Waals surface area contributed by atoms with E-state index in [0.717, 1.165) is 18.2 Å². The second-order valence-electron chi connectivity index (χ2n) is 5.73. The molecule has 1 fully saturated rings. The van der Waals surface area contributed by atoms with Gasteiger partial charge in [-0.1, -0.05) is 0 Å². The lowest BCUT2D eigenvalue weighted by Gasteiger charge is -2.31. The van der Waals surface area contributed by atoms with Crippen molar-refractivity contribution in [3.63, 3.8) is 0 Å². The second kappa shape index (κ2) is 6.82. The van der Waals surface area contributed by atoms with E-state index in [1.54, 1.807) is 11.0 Å². The highest BCUT2D eigenvalue weighted by Crippen LogP contribution is 2.22. The molecule has 5 nitrogen and oxygen atoms in total. The maximum atomic E-state index is 13.2. The predicted octanol–water partition coefficient (Wildman–Crippen LogP) is 3.05. The number of likely N-dealkylation sites (tertiary alicyclic amines) is 1. The van der Waals surface area contributed by atoms with Gasteiger partial charge in [-0.2, -0.15) is 0 Å². The molecule has 0 atom stereocenters. The Hall–Kier alpha value is -2.70. The number of carbonyl (C=O) groups excluding carboxylic acids is 2. The molecular formula is C17H16F2N2O3. The van der Waals surface area contributed by atoms with Gasteiger partial charge in [0.25, 0.3) is 5.91 Å². The van der Waals surface area contributed by atoms with Crippen molar-refractivity contribution >= 4 is 17.5 Å². The van der Waals surface area contributed by atoms with Crippen LogP contribution in [0.15, 0.2) is 41.2 Å². The smallest absolute Gasteiger partial charge is 0.257 e. The van der Waals surface area contributed by atoms with Crippen LogP contribution in [0.1, 0.15) is 23.2 Å². The maximum absolute atomic E-state index is 13.2. The van der Waals surface area contributed by atoms with Crippen LogP contribution in [0, 0.1) is 17.6 Å².